The van der Waals surface area contributed by atoms with Crippen LogP contribution in [0.2, 0.25) is 0 Å². The number of carbonyl (C=O) groups excluding carboxylic acids is 1. The molecule has 1 aliphatic heterocycles. The number of piperidine rings is 1. The maximum atomic E-state index is 11.6. The van der Waals surface area contributed by atoms with Crippen molar-refractivity contribution in [3.8, 4) is 0 Å². The smallest absolute Gasteiger partial charge is 0.224 e. The number of hydrogen-bond donors (Lipinski definition) is 1. The fourth-order valence-electron chi connectivity index (χ4n) is 1.61. The number of likely N-dealkylation sites (tertiary alicyclic amines) is 1. The summed E-state index contributed by atoms with van der Waals surface area (Å²) in [6.07, 6.45) is 2.36. The molecule has 1 amide bonds. The van der Waals surface area contributed by atoms with E-state index in [9.17, 15) is 4.79 Å². The Morgan fingerprint density at radius 1 is 1.47 bits per heavy atom. The molecule has 0 spiro atoms. The van der Waals surface area contributed by atoms with Crippen molar-refractivity contribution >= 4 is 18.3 Å². The number of halogens is 1. The van der Waals surface area contributed by atoms with E-state index in [-0.39, 0.29) is 24.4 Å². The van der Waals surface area contributed by atoms with Crippen LogP contribution in [-0.2, 0) is 9.53 Å². The van der Waals surface area contributed by atoms with Crippen molar-refractivity contribution in [1.29, 1.82) is 0 Å². The van der Waals surface area contributed by atoms with E-state index in [1.54, 1.807) is 0 Å². The van der Waals surface area contributed by atoms with Gasteiger partial charge in [-0.2, -0.15) is 0 Å². The lowest BCUT2D eigenvalue weighted by Gasteiger charge is -2.30. The molecule has 0 aliphatic carbocycles. The first kappa shape index (κ1) is 14.7. The van der Waals surface area contributed by atoms with Crippen LogP contribution in [0.3, 0.4) is 0 Å². The van der Waals surface area contributed by atoms with Gasteiger partial charge in [-0.15, -0.1) is 12.4 Å². The fourth-order valence-corrected chi connectivity index (χ4v) is 1.61. The number of rotatable bonds is 4. The summed E-state index contributed by atoms with van der Waals surface area (Å²) in [6.45, 7) is 4.78. The van der Waals surface area contributed by atoms with Gasteiger partial charge in [-0.1, -0.05) is 0 Å². The minimum atomic E-state index is 0. The molecule has 0 atom stereocenters. The molecule has 1 aliphatic rings. The Labute approximate surface area is 97.5 Å². The zero-order chi connectivity index (χ0) is 10.4. The van der Waals surface area contributed by atoms with E-state index < -0.39 is 0 Å². The van der Waals surface area contributed by atoms with Crippen LogP contribution in [0, 0.1) is 0 Å². The van der Waals surface area contributed by atoms with Gasteiger partial charge >= 0.3 is 0 Å². The molecule has 2 N–H and O–H groups in total. The van der Waals surface area contributed by atoms with Crippen LogP contribution in [0.15, 0.2) is 0 Å². The predicted octanol–water partition coefficient (Wildman–Crippen LogP) is 0.784. The summed E-state index contributed by atoms with van der Waals surface area (Å²) in [4.78, 5) is 13.5. The molecule has 0 aromatic rings. The average Bonchev–Trinajstić information content (AvgIpc) is 2.19. The summed E-state index contributed by atoms with van der Waals surface area (Å²) in [5, 5.41) is 0. The summed E-state index contributed by atoms with van der Waals surface area (Å²) >= 11 is 0. The second-order valence-electron chi connectivity index (χ2n) is 3.67. The SMILES string of the molecule is CCOCCC(=O)N1CCC(N)CC1.Cl. The Kier molecular flexibility index (Phi) is 7.74. The van der Waals surface area contributed by atoms with Gasteiger partial charge in [0.05, 0.1) is 13.0 Å². The quantitative estimate of drug-likeness (QED) is 0.735. The van der Waals surface area contributed by atoms with Crippen molar-refractivity contribution in [3.63, 3.8) is 0 Å². The molecule has 1 rings (SSSR count). The number of ether oxygens (including phenoxy) is 1. The predicted molar refractivity (Wildman–Crippen MR) is 62.1 cm³/mol. The van der Waals surface area contributed by atoms with Gasteiger partial charge in [0.2, 0.25) is 5.91 Å². The third-order valence-corrected chi connectivity index (χ3v) is 2.56. The van der Waals surface area contributed by atoms with Crippen molar-refractivity contribution in [3.05, 3.63) is 0 Å². The van der Waals surface area contributed by atoms with Gasteiger partial charge in [-0.25, -0.2) is 0 Å². The summed E-state index contributed by atoms with van der Waals surface area (Å²) in [7, 11) is 0. The van der Waals surface area contributed by atoms with E-state index in [4.69, 9.17) is 10.5 Å². The molecular weight excluding hydrogens is 216 g/mol. The second-order valence-corrected chi connectivity index (χ2v) is 3.67. The van der Waals surface area contributed by atoms with Gasteiger partial charge in [-0.05, 0) is 19.8 Å². The molecule has 0 bridgehead atoms. The molecule has 0 aromatic heterocycles. The number of nitrogens with two attached hydrogens (primary N) is 1. The minimum Gasteiger partial charge on any atom is -0.381 e. The van der Waals surface area contributed by atoms with Gasteiger partial charge in [0.25, 0.3) is 0 Å². The Balaban J connectivity index is 0.00000196. The Morgan fingerprint density at radius 2 is 2.07 bits per heavy atom. The lowest BCUT2D eigenvalue weighted by molar-refractivity contribution is -0.133. The Hall–Kier alpha value is -0.320. The van der Waals surface area contributed by atoms with E-state index in [0.29, 0.717) is 19.6 Å². The number of carbonyl (C=O) groups is 1. The molecule has 5 heteroatoms. The highest BCUT2D eigenvalue weighted by molar-refractivity contribution is 5.85. The zero-order valence-electron chi connectivity index (χ0n) is 9.28. The molecule has 0 saturated carbocycles. The molecule has 0 unspecified atom stereocenters. The van der Waals surface area contributed by atoms with Gasteiger partial charge in [0.15, 0.2) is 0 Å². The highest BCUT2D eigenvalue weighted by Gasteiger charge is 2.19. The highest BCUT2D eigenvalue weighted by Crippen LogP contribution is 2.09. The van der Waals surface area contributed by atoms with Crippen LogP contribution < -0.4 is 5.73 Å². The molecule has 1 saturated heterocycles. The van der Waals surface area contributed by atoms with Gasteiger partial charge in [0.1, 0.15) is 0 Å². The molecule has 4 nitrogen and oxygen atoms in total. The first-order valence-electron chi connectivity index (χ1n) is 5.35. The third kappa shape index (κ3) is 5.35. The molecule has 90 valence electrons. The third-order valence-electron chi connectivity index (χ3n) is 2.56. The topological polar surface area (TPSA) is 55.6 Å². The Bertz CT molecular complexity index is 182. The van der Waals surface area contributed by atoms with E-state index in [2.05, 4.69) is 0 Å². The minimum absolute atomic E-state index is 0. The molecule has 1 heterocycles. The maximum absolute atomic E-state index is 11.6. The highest BCUT2D eigenvalue weighted by atomic mass is 35.5. The van der Waals surface area contributed by atoms with Crippen molar-refractivity contribution in [2.24, 2.45) is 5.73 Å². The van der Waals surface area contributed by atoms with Crippen LogP contribution in [-0.4, -0.2) is 43.2 Å². The van der Waals surface area contributed by atoms with E-state index >= 15 is 0 Å². The van der Waals surface area contributed by atoms with Gasteiger partial charge in [0, 0.05) is 25.7 Å². The van der Waals surface area contributed by atoms with E-state index in [1.807, 2.05) is 11.8 Å². The monoisotopic (exact) mass is 236 g/mol. The number of hydrogen-bond acceptors (Lipinski definition) is 3. The molecule has 1 fully saturated rings. The summed E-state index contributed by atoms with van der Waals surface area (Å²) in [5.74, 6) is 0.199. The first-order chi connectivity index (χ1) is 6.74. The van der Waals surface area contributed by atoms with Crippen LogP contribution in [0.25, 0.3) is 0 Å². The lowest BCUT2D eigenvalue weighted by Crippen LogP contribution is -2.43. The average molecular weight is 237 g/mol. The van der Waals surface area contributed by atoms with Gasteiger partial charge < -0.3 is 15.4 Å². The Morgan fingerprint density at radius 3 is 2.60 bits per heavy atom. The number of nitrogens with zero attached hydrogens (tertiary/aromatic N) is 1. The molecule has 0 aromatic carbocycles. The van der Waals surface area contributed by atoms with E-state index in [0.717, 1.165) is 25.9 Å². The van der Waals surface area contributed by atoms with Crippen LogP contribution >= 0.6 is 12.4 Å². The molecule has 15 heavy (non-hydrogen) atoms. The lowest BCUT2D eigenvalue weighted by atomic mass is 10.1. The zero-order valence-corrected chi connectivity index (χ0v) is 10.1. The summed E-state index contributed by atoms with van der Waals surface area (Å²) < 4.78 is 5.14. The molecule has 0 radical (unpaired) electrons. The first-order valence-corrected chi connectivity index (χ1v) is 5.35. The number of amides is 1. The summed E-state index contributed by atoms with van der Waals surface area (Å²) in [6, 6.07) is 0.283. The normalized spacial score (nSPS) is 17.3. The standard InChI is InChI=1S/C10H20N2O2.ClH/c1-2-14-8-5-10(13)12-6-3-9(11)4-7-12;/h9H,2-8,11H2,1H3;1H. The van der Waals surface area contributed by atoms with Crippen molar-refractivity contribution in [2.75, 3.05) is 26.3 Å². The van der Waals surface area contributed by atoms with Crippen molar-refractivity contribution in [1.82, 2.24) is 4.90 Å². The van der Waals surface area contributed by atoms with Crippen LogP contribution in [0.4, 0.5) is 0 Å². The maximum Gasteiger partial charge on any atom is 0.224 e. The largest absolute Gasteiger partial charge is 0.381 e. The van der Waals surface area contributed by atoms with Crippen molar-refractivity contribution < 1.29 is 9.53 Å². The van der Waals surface area contributed by atoms with Crippen molar-refractivity contribution in [2.45, 2.75) is 32.2 Å². The van der Waals surface area contributed by atoms with Crippen LogP contribution in [0.5, 0.6) is 0 Å². The van der Waals surface area contributed by atoms with E-state index in [1.165, 1.54) is 0 Å². The van der Waals surface area contributed by atoms with Gasteiger partial charge in [-0.3, -0.25) is 4.79 Å². The fraction of sp³-hybridized carbons (Fsp3) is 0.900. The molecular formula is C10H21ClN2O2. The second kappa shape index (κ2) is 7.91. The summed E-state index contributed by atoms with van der Waals surface area (Å²) in [5.41, 5.74) is 5.76. The van der Waals surface area contributed by atoms with Crippen LogP contribution in [0.1, 0.15) is 26.2 Å².